The lowest BCUT2D eigenvalue weighted by atomic mass is 10.1. The summed E-state index contributed by atoms with van der Waals surface area (Å²) in [5, 5.41) is 13.2. The fourth-order valence-electron chi connectivity index (χ4n) is 3.13. The van der Waals surface area contributed by atoms with Crippen molar-refractivity contribution in [3.63, 3.8) is 0 Å². The predicted octanol–water partition coefficient (Wildman–Crippen LogP) is 3.68. The van der Waals surface area contributed by atoms with E-state index < -0.39 is 0 Å². The summed E-state index contributed by atoms with van der Waals surface area (Å²) >= 11 is 0. The summed E-state index contributed by atoms with van der Waals surface area (Å²) in [6.07, 6.45) is 1.53. The van der Waals surface area contributed by atoms with Crippen molar-refractivity contribution in [3.8, 4) is 5.75 Å². The first-order valence-corrected chi connectivity index (χ1v) is 8.73. The average molecular weight is 357 g/mol. The van der Waals surface area contributed by atoms with Crippen molar-refractivity contribution >= 4 is 17.8 Å². The Bertz CT molecular complexity index is 954. The largest absolute Gasteiger partial charge is 0.508 e. The maximum Gasteiger partial charge on any atom is 0.271 e. The van der Waals surface area contributed by atoms with Gasteiger partial charge in [-0.3, -0.25) is 4.79 Å². The monoisotopic (exact) mass is 357 g/mol. The van der Waals surface area contributed by atoms with E-state index in [4.69, 9.17) is 0 Å². The average Bonchev–Trinajstić information content (AvgIpc) is 3.14. The number of hydrogen-bond donors (Lipinski definition) is 2. The highest BCUT2D eigenvalue weighted by Crippen LogP contribution is 2.28. The minimum atomic E-state index is -0.263. The Morgan fingerprint density at radius 2 is 1.56 bits per heavy atom. The zero-order valence-electron chi connectivity index (χ0n) is 14.7. The second kappa shape index (κ2) is 7.33. The molecule has 5 nitrogen and oxygen atoms in total. The van der Waals surface area contributed by atoms with E-state index in [0.29, 0.717) is 5.56 Å². The first kappa shape index (κ1) is 16.8. The van der Waals surface area contributed by atoms with Gasteiger partial charge in [0.2, 0.25) is 0 Å². The van der Waals surface area contributed by atoms with Gasteiger partial charge >= 0.3 is 0 Å². The van der Waals surface area contributed by atoms with Crippen molar-refractivity contribution in [2.75, 3.05) is 4.90 Å². The Hall–Kier alpha value is -3.60. The van der Waals surface area contributed by atoms with Crippen molar-refractivity contribution in [2.24, 2.45) is 5.10 Å². The van der Waals surface area contributed by atoms with Crippen LogP contribution in [0.3, 0.4) is 0 Å². The third-order valence-corrected chi connectivity index (χ3v) is 4.61. The van der Waals surface area contributed by atoms with Crippen molar-refractivity contribution in [1.82, 2.24) is 5.43 Å². The van der Waals surface area contributed by atoms with Crippen LogP contribution in [0.25, 0.3) is 0 Å². The molecule has 0 bridgehead atoms. The van der Waals surface area contributed by atoms with Gasteiger partial charge in [0.1, 0.15) is 5.75 Å². The van der Waals surface area contributed by atoms with Gasteiger partial charge in [0.05, 0.1) is 6.21 Å². The highest BCUT2D eigenvalue weighted by molar-refractivity contribution is 5.95. The Morgan fingerprint density at radius 3 is 2.19 bits per heavy atom. The highest BCUT2D eigenvalue weighted by Gasteiger charge is 2.18. The molecule has 0 spiro atoms. The summed E-state index contributed by atoms with van der Waals surface area (Å²) in [6, 6.07) is 22.6. The Kier molecular flexibility index (Phi) is 4.58. The molecule has 0 atom stereocenters. The Balaban J connectivity index is 1.37. The van der Waals surface area contributed by atoms with Gasteiger partial charge in [-0.1, -0.05) is 24.3 Å². The molecule has 4 rings (SSSR count). The number of phenols is 1. The van der Waals surface area contributed by atoms with Crippen LogP contribution in [0.4, 0.5) is 5.69 Å². The van der Waals surface area contributed by atoms with Crippen LogP contribution in [0.1, 0.15) is 27.0 Å². The smallest absolute Gasteiger partial charge is 0.271 e. The van der Waals surface area contributed by atoms with Crippen LogP contribution in [0.15, 0.2) is 77.9 Å². The normalized spacial score (nSPS) is 13.0. The number of amides is 1. The first-order valence-electron chi connectivity index (χ1n) is 8.73. The topological polar surface area (TPSA) is 64.9 Å². The predicted molar refractivity (Wildman–Crippen MR) is 106 cm³/mol. The SMILES string of the molecule is O=C(N/N=C/c1ccc(O)cc1)c1ccc(N2Cc3ccccc3C2)cc1. The zero-order chi connectivity index (χ0) is 18.6. The van der Waals surface area contributed by atoms with Crippen LogP contribution >= 0.6 is 0 Å². The van der Waals surface area contributed by atoms with E-state index >= 15 is 0 Å². The summed E-state index contributed by atoms with van der Waals surface area (Å²) in [5.41, 5.74) is 7.66. The fourth-order valence-corrected chi connectivity index (χ4v) is 3.13. The summed E-state index contributed by atoms with van der Waals surface area (Å²) in [5.74, 6) is -0.0707. The molecule has 0 saturated carbocycles. The summed E-state index contributed by atoms with van der Waals surface area (Å²) in [4.78, 5) is 14.5. The zero-order valence-corrected chi connectivity index (χ0v) is 14.7. The molecular formula is C22H19N3O2. The number of hydrazone groups is 1. The number of aromatic hydroxyl groups is 1. The number of benzene rings is 3. The van der Waals surface area contributed by atoms with Gasteiger partial charge in [0.25, 0.3) is 5.91 Å². The highest BCUT2D eigenvalue weighted by atomic mass is 16.3. The second-order valence-electron chi connectivity index (χ2n) is 6.46. The van der Waals surface area contributed by atoms with Gasteiger partial charge in [-0.25, -0.2) is 5.43 Å². The molecule has 1 aliphatic heterocycles. The van der Waals surface area contributed by atoms with E-state index in [9.17, 15) is 9.90 Å². The molecule has 27 heavy (non-hydrogen) atoms. The maximum atomic E-state index is 12.2. The third-order valence-electron chi connectivity index (χ3n) is 4.61. The van der Waals surface area contributed by atoms with Gasteiger partial charge < -0.3 is 10.0 Å². The summed E-state index contributed by atoms with van der Waals surface area (Å²) in [7, 11) is 0. The van der Waals surface area contributed by atoms with Gasteiger partial charge in [-0.15, -0.1) is 0 Å². The molecule has 0 aromatic heterocycles. The molecule has 3 aromatic carbocycles. The van der Waals surface area contributed by atoms with Crippen molar-refractivity contribution in [2.45, 2.75) is 13.1 Å². The van der Waals surface area contributed by atoms with E-state index in [1.165, 1.54) is 17.3 Å². The third kappa shape index (κ3) is 3.82. The fraction of sp³-hybridized carbons (Fsp3) is 0.0909. The number of carbonyl (C=O) groups excluding carboxylic acids is 1. The van der Waals surface area contributed by atoms with Gasteiger partial charge in [0.15, 0.2) is 0 Å². The molecule has 0 radical (unpaired) electrons. The minimum Gasteiger partial charge on any atom is -0.508 e. The lowest BCUT2D eigenvalue weighted by Gasteiger charge is -2.17. The molecule has 1 heterocycles. The van der Waals surface area contributed by atoms with Crippen molar-refractivity contribution in [1.29, 1.82) is 0 Å². The molecule has 1 aliphatic rings. The number of hydrogen-bond acceptors (Lipinski definition) is 4. The van der Waals surface area contributed by atoms with Gasteiger partial charge in [0, 0.05) is 24.3 Å². The van der Waals surface area contributed by atoms with Crippen LogP contribution in [-0.2, 0) is 13.1 Å². The molecule has 0 saturated heterocycles. The van der Waals surface area contributed by atoms with E-state index in [-0.39, 0.29) is 11.7 Å². The lowest BCUT2D eigenvalue weighted by molar-refractivity contribution is 0.0955. The van der Waals surface area contributed by atoms with Crippen LogP contribution in [0.5, 0.6) is 5.75 Å². The molecular weight excluding hydrogens is 338 g/mol. The quantitative estimate of drug-likeness (QED) is 0.553. The lowest BCUT2D eigenvalue weighted by Crippen LogP contribution is -2.18. The van der Waals surface area contributed by atoms with E-state index in [1.54, 1.807) is 24.3 Å². The first-order chi connectivity index (χ1) is 13.2. The number of anilines is 1. The summed E-state index contributed by atoms with van der Waals surface area (Å²) < 4.78 is 0. The molecule has 2 N–H and O–H groups in total. The molecule has 0 fully saturated rings. The van der Waals surface area contributed by atoms with Crippen LogP contribution < -0.4 is 10.3 Å². The van der Waals surface area contributed by atoms with Gasteiger partial charge in [-0.2, -0.15) is 5.10 Å². The minimum absolute atomic E-state index is 0.192. The number of fused-ring (bicyclic) bond motifs is 1. The second-order valence-corrected chi connectivity index (χ2v) is 6.46. The molecule has 0 unspecified atom stereocenters. The molecule has 134 valence electrons. The van der Waals surface area contributed by atoms with Crippen LogP contribution in [0, 0.1) is 0 Å². The van der Waals surface area contributed by atoms with E-state index in [1.807, 2.05) is 24.3 Å². The number of nitrogens with zero attached hydrogens (tertiary/aromatic N) is 2. The standard InChI is InChI=1S/C22H19N3O2/c26-21-11-5-16(6-12-21)13-23-24-22(27)17-7-9-20(10-8-17)25-14-18-3-1-2-4-19(18)15-25/h1-13,26H,14-15H2,(H,24,27)/b23-13+. The maximum absolute atomic E-state index is 12.2. The molecule has 0 aliphatic carbocycles. The molecule has 3 aromatic rings. The summed E-state index contributed by atoms with van der Waals surface area (Å²) in [6.45, 7) is 1.78. The molecule has 1 amide bonds. The number of carbonyl (C=O) groups is 1. The molecule has 5 heteroatoms. The van der Waals surface area contributed by atoms with Gasteiger partial charge in [-0.05, 0) is 65.2 Å². The van der Waals surface area contributed by atoms with Crippen molar-refractivity contribution in [3.05, 3.63) is 95.1 Å². The van der Waals surface area contributed by atoms with E-state index in [2.05, 4.69) is 39.7 Å². The van der Waals surface area contributed by atoms with Crippen molar-refractivity contribution < 1.29 is 9.90 Å². The Labute approximate surface area is 157 Å². The number of phenolic OH excluding ortho intramolecular Hbond substituents is 1. The van der Waals surface area contributed by atoms with Crippen LogP contribution in [-0.4, -0.2) is 17.2 Å². The van der Waals surface area contributed by atoms with Crippen LogP contribution in [0.2, 0.25) is 0 Å². The van der Waals surface area contributed by atoms with E-state index in [0.717, 1.165) is 24.3 Å². The Morgan fingerprint density at radius 1 is 0.926 bits per heavy atom. The number of nitrogens with one attached hydrogen (secondary N) is 1. The number of rotatable bonds is 4.